The summed E-state index contributed by atoms with van der Waals surface area (Å²) in [5.41, 5.74) is 1.95. The van der Waals surface area contributed by atoms with Gasteiger partial charge in [0.05, 0.1) is 10.6 Å². The Balaban J connectivity index is 2.28. The van der Waals surface area contributed by atoms with Crippen LogP contribution in [0.15, 0.2) is 36.4 Å². The van der Waals surface area contributed by atoms with Gasteiger partial charge in [-0.05, 0) is 42.8 Å². The number of halogens is 1. The molecule has 2 aromatic carbocycles. The Hall–Kier alpha value is -2.33. The molecule has 5 heteroatoms. The Bertz CT molecular complexity index is 683. The summed E-state index contributed by atoms with van der Waals surface area (Å²) < 4.78 is 0. The van der Waals surface area contributed by atoms with Gasteiger partial charge in [0.25, 0.3) is 5.91 Å². The first kappa shape index (κ1) is 14.1. The molecule has 1 amide bonds. The Kier molecular flexibility index (Phi) is 4.05. The van der Waals surface area contributed by atoms with Crippen LogP contribution in [0.25, 0.3) is 0 Å². The molecule has 0 aliphatic heterocycles. The number of rotatable bonds is 3. The lowest BCUT2D eigenvalue weighted by atomic mass is 10.1. The number of aldehydes is 1. The van der Waals surface area contributed by atoms with Gasteiger partial charge in [-0.25, -0.2) is 0 Å². The number of carbonyl (C=O) groups is 2. The van der Waals surface area contributed by atoms with Crippen LogP contribution < -0.4 is 5.32 Å². The van der Waals surface area contributed by atoms with Crippen molar-refractivity contribution in [1.29, 1.82) is 0 Å². The van der Waals surface area contributed by atoms with E-state index < -0.39 is 5.91 Å². The van der Waals surface area contributed by atoms with E-state index in [1.807, 2.05) is 0 Å². The van der Waals surface area contributed by atoms with Gasteiger partial charge in [-0.3, -0.25) is 9.59 Å². The third kappa shape index (κ3) is 2.81. The van der Waals surface area contributed by atoms with Crippen LogP contribution in [0.2, 0.25) is 5.02 Å². The molecule has 0 spiro atoms. The molecule has 2 aromatic rings. The molecular formula is C15H12ClNO3. The Morgan fingerprint density at radius 2 is 2.05 bits per heavy atom. The van der Waals surface area contributed by atoms with Crippen molar-refractivity contribution in [1.82, 2.24) is 0 Å². The summed E-state index contributed by atoms with van der Waals surface area (Å²) in [5.74, 6) is -0.721. The molecule has 0 aliphatic rings. The van der Waals surface area contributed by atoms with Crippen molar-refractivity contribution in [2.45, 2.75) is 6.92 Å². The van der Waals surface area contributed by atoms with E-state index in [1.54, 1.807) is 31.2 Å². The number of nitrogens with one attached hydrogen (secondary N) is 1. The van der Waals surface area contributed by atoms with E-state index >= 15 is 0 Å². The maximum atomic E-state index is 12.1. The third-order valence-electron chi connectivity index (χ3n) is 2.87. The molecule has 0 fully saturated rings. The topological polar surface area (TPSA) is 66.4 Å². The lowest BCUT2D eigenvalue weighted by molar-refractivity contribution is 0.102. The quantitative estimate of drug-likeness (QED) is 0.851. The minimum absolute atomic E-state index is 0.0939. The highest BCUT2D eigenvalue weighted by Gasteiger charge is 2.14. The summed E-state index contributed by atoms with van der Waals surface area (Å²) in [6.07, 6.45) is 0.737. The third-order valence-corrected chi connectivity index (χ3v) is 3.17. The number of aryl methyl sites for hydroxylation is 1. The normalized spacial score (nSPS) is 10.1. The number of phenolic OH excluding ortho intramolecular Hbond substituents is 1. The van der Waals surface area contributed by atoms with E-state index in [4.69, 9.17) is 11.6 Å². The molecule has 0 radical (unpaired) electrons. The number of para-hydroxylation sites is 1. The van der Waals surface area contributed by atoms with Gasteiger partial charge in [0.2, 0.25) is 0 Å². The van der Waals surface area contributed by atoms with Crippen LogP contribution in [-0.4, -0.2) is 17.3 Å². The van der Waals surface area contributed by atoms with Crippen LogP contribution in [0.3, 0.4) is 0 Å². The average Bonchev–Trinajstić information content (AvgIpc) is 2.44. The van der Waals surface area contributed by atoms with Crippen molar-refractivity contribution in [3.63, 3.8) is 0 Å². The fourth-order valence-electron chi connectivity index (χ4n) is 1.79. The fourth-order valence-corrected chi connectivity index (χ4v) is 1.96. The van der Waals surface area contributed by atoms with Crippen molar-refractivity contribution in [3.05, 3.63) is 58.1 Å². The number of hydrogen-bond acceptors (Lipinski definition) is 3. The zero-order chi connectivity index (χ0) is 14.7. The summed E-state index contributed by atoms with van der Waals surface area (Å²) in [4.78, 5) is 22.8. The van der Waals surface area contributed by atoms with Crippen LogP contribution in [0.4, 0.5) is 5.69 Å². The largest absolute Gasteiger partial charge is 0.506 e. The summed E-state index contributed by atoms with van der Waals surface area (Å²) >= 11 is 5.76. The zero-order valence-electron chi connectivity index (χ0n) is 10.7. The first-order chi connectivity index (χ1) is 9.52. The predicted octanol–water partition coefficient (Wildman–Crippen LogP) is 3.42. The smallest absolute Gasteiger partial charge is 0.259 e. The zero-order valence-corrected chi connectivity index (χ0v) is 11.4. The highest BCUT2D eigenvalue weighted by molar-refractivity contribution is 6.32. The Morgan fingerprint density at radius 3 is 2.70 bits per heavy atom. The molecule has 2 N–H and O–H groups in total. The van der Waals surface area contributed by atoms with E-state index in [9.17, 15) is 14.7 Å². The van der Waals surface area contributed by atoms with Crippen LogP contribution in [0.1, 0.15) is 26.3 Å². The van der Waals surface area contributed by atoms with Gasteiger partial charge in [0.1, 0.15) is 12.0 Å². The number of amides is 1. The van der Waals surface area contributed by atoms with Crippen LogP contribution in [-0.2, 0) is 0 Å². The van der Waals surface area contributed by atoms with Crippen molar-refractivity contribution >= 4 is 29.5 Å². The van der Waals surface area contributed by atoms with Crippen molar-refractivity contribution in [2.24, 2.45) is 0 Å². The first-order valence-electron chi connectivity index (χ1n) is 5.87. The van der Waals surface area contributed by atoms with E-state index in [0.717, 1.165) is 11.8 Å². The summed E-state index contributed by atoms with van der Waals surface area (Å²) in [7, 11) is 0. The van der Waals surface area contributed by atoms with Crippen LogP contribution in [0.5, 0.6) is 5.75 Å². The molecule has 20 heavy (non-hydrogen) atoms. The van der Waals surface area contributed by atoms with E-state index in [2.05, 4.69) is 5.32 Å². The monoisotopic (exact) mass is 289 g/mol. The molecule has 102 valence electrons. The first-order valence-corrected chi connectivity index (χ1v) is 6.25. The number of aromatic hydroxyl groups is 1. The second kappa shape index (κ2) is 5.75. The highest BCUT2D eigenvalue weighted by atomic mass is 35.5. The molecule has 0 bridgehead atoms. The Labute approximate surface area is 121 Å². The maximum absolute atomic E-state index is 12.1. The second-order valence-electron chi connectivity index (χ2n) is 4.28. The molecule has 0 heterocycles. The van der Waals surface area contributed by atoms with Crippen LogP contribution >= 0.6 is 11.6 Å². The second-order valence-corrected chi connectivity index (χ2v) is 4.69. The standard InChI is InChI=1S/C15H12ClNO3/c1-9-7-10(8-18)5-6-13(9)17-15(20)11-3-2-4-12(16)14(11)19/h2-8,19H,1H3,(H,17,20). The number of carbonyl (C=O) groups excluding carboxylic acids is 2. The lowest BCUT2D eigenvalue weighted by Gasteiger charge is -2.10. The molecule has 0 unspecified atom stereocenters. The highest BCUT2D eigenvalue weighted by Crippen LogP contribution is 2.28. The van der Waals surface area contributed by atoms with Gasteiger partial charge in [-0.1, -0.05) is 17.7 Å². The maximum Gasteiger partial charge on any atom is 0.259 e. The molecular weight excluding hydrogens is 278 g/mol. The number of benzene rings is 2. The fraction of sp³-hybridized carbons (Fsp3) is 0.0667. The molecule has 0 aromatic heterocycles. The van der Waals surface area contributed by atoms with Crippen molar-refractivity contribution < 1.29 is 14.7 Å². The van der Waals surface area contributed by atoms with E-state index in [-0.39, 0.29) is 16.3 Å². The summed E-state index contributed by atoms with van der Waals surface area (Å²) in [5, 5.41) is 12.5. The predicted molar refractivity (Wildman–Crippen MR) is 77.6 cm³/mol. The Morgan fingerprint density at radius 1 is 1.30 bits per heavy atom. The summed E-state index contributed by atoms with van der Waals surface area (Å²) in [6, 6.07) is 9.47. The molecule has 0 saturated carbocycles. The van der Waals surface area contributed by atoms with E-state index in [1.165, 1.54) is 12.1 Å². The van der Waals surface area contributed by atoms with E-state index in [0.29, 0.717) is 11.3 Å². The lowest BCUT2D eigenvalue weighted by Crippen LogP contribution is -2.13. The van der Waals surface area contributed by atoms with Gasteiger partial charge < -0.3 is 10.4 Å². The van der Waals surface area contributed by atoms with Gasteiger partial charge in [-0.15, -0.1) is 0 Å². The van der Waals surface area contributed by atoms with Gasteiger partial charge in [0, 0.05) is 11.3 Å². The van der Waals surface area contributed by atoms with Crippen molar-refractivity contribution in [3.8, 4) is 5.75 Å². The average molecular weight is 290 g/mol. The number of phenols is 1. The SMILES string of the molecule is Cc1cc(C=O)ccc1NC(=O)c1cccc(Cl)c1O. The van der Waals surface area contributed by atoms with Gasteiger partial charge in [0.15, 0.2) is 0 Å². The molecule has 0 atom stereocenters. The molecule has 2 rings (SSSR count). The van der Waals surface area contributed by atoms with Gasteiger partial charge >= 0.3 is 0 Å². The molecule has 0 aliphatic carbocycles. The van der Waals surface area contributed by atoms with Crippen molar-refractivity contribution in [2.75, 3.05) is 5.32 Å². The minimum Gasteiger partial charge on any atom is -0.506 e. The molecule has 4 nitrogen and oxygen atoms in total. The molecule has 0 saturated heterocycles. The number of hydrogen-bond donors (Lipinski definition) is 2. The van der Waals surface area contributed by atoms with Crippen LogP contribution in [0, 0.1) is 6.92 Å². The van der Waals surface area contributed by atoms with Gasteiger partial charge in [-0.2, -0.15) is 0 Å². The summed E-state index contributed by atoms with van der Waals surface area (Å²) in [6.45, 7) is 1.78. The minimum atomic E-state index is -0.466. The number of anilines is 1.